The largest absolute Gasteiger partial charge is 0.462 e. The van der Waals surface area contributed by atoms with Crippen LogP contribution in [0.25, 0.3) is 0 Å². The molecule has 0 saturated heterocycles. The summed E-state index contributed by atoms with van der Waals surface area (Å²) in [6, 6.07) is 0. The molecule has 0 bridgehead atoms. The third kappa shape index (κ3) is 32.9. The Bertz CT molecular complexity index is 1210. The van der Waals surface area contributed by atoms with Crippen molar-refractivity contribution >= 4 is 143 Å². The molecule has 0 aliphatic rings. The summed E-state index contributed by atoms with van der Waals surface area (Å²) < 4.78 is 64.5. The lowest BCUT2D eigenvalue weighted by molar-refractivity contribution is -0.153. The van der Waals surface area contributed by atoms with Crippen molar-refractivity contribution in [3.63, 3.8) is 0 Å². The predicted molar refractivity (Wildman–Crippen MR) is 268 cm³/mol. The van der Waals surface area contributed by atoms with Crippen LogP contribution in [0.2, 0.25) is 0 Å². The van der Waals surface area contributed by atoms with E-state index in [9.17, 15) is 24.0 Å². The van der Waals surface area contributed by atoms with Crippen LogP contribution in [-0.4, -0.2) is 171 Å². The molecule has 0 aliphatic heterocycles. The first-order valence-electron chi connectivity index (χ1n) is 19.5. The van der Waals surface area contributed by atoms with Crippen molar-refractivity contribution in [2.45, 2.75) is 105 Å². The van der Waals surface area contributed by atoms with Gasteiger partial charge in [0.05, 0.1) is 72.7 Å². The molecule has 22 heteroatoms. The highest BCUT2D eigenvalue weighted by atomic mass is 127. The number of carbonyl (C=O) groups is 5. The van der Waals surface area contributed by atoms with E-state index in [-0.39, 0.29) is 136 Å². The lowest BCUT2D eigenvalue weighted by atomic mass is 10.2. The topological polar surface area (TPSA) is 196 Å². The van der Waals surface area contributed by atoms with Crippen molar-refractivity contribution in [2.75, 3.05) is 106 Å². The molecule has 0 amide bonds. The molecule has 0 aromatic rings. The summed E-state index contributed by atoms with van der Waals surface area (Å²) in [5, 5.41) is 0. The fourth-order valence-electron chi connectivity index (χ4n) is 3.82. The maximum Gasteiger partial charge on any atom is 0.321 e. The Hall–Kier alpha value is 0.720. The zero-order chi connectivity index (χ0) is 46.9. The minimum absolute atomic E-state index is 0.000948. The standard InChI is InChI=1S/C39H65I5O17/c1-35(2,40)30(45)57-13-11-50-21-27(54-15-18-59-32(47)37(5,6)42)23-52-25-29(56-17-20-61-34(49)39(9,10)44)26-53-24-28(55-16-19-60-33(48)38(7,8)43)22-51-12-14-58-31(46)36(3,4)41/h27-29H,11-26H2,1-10H3. The molecular formula is C39H65I5O17. The second kappa shape index (κ2) is 31.6. The first kappa shape index (κ1) is 61.7. The van der Waals surface area contributed by atoms with Crippen LogP contribution in [0.3, 0.4) is 0 Å². The Labute approximate surface area is 429 Å². The predicted octanol–water partition coefficient (Wildman–Crippen LogP) is 5.99. The molecule has 61 heavy (non-hydrogen) atoms. The summed E-state index contributed by atoms with van der Waals surface area (Å²) in [7, 11) is 0. The van der Waals surface area contributed by atoms with E-state index in [1.807, 2.05) is 113 Å². The summed E-state index contributed by atoms with van der Waals surface area (Å²) in [6.07, 6.45) is -1.83. The molecule has 358 valence electrons. The molecule has 17 nitrogen and oxygen atoms in total. The number of ether oxygens (including phenoxy) is 12. The summed E-state index contributed by atoms with van der Waals surface area (Å²) >= 11 is 10.0. The van der Waals surface area contributed by atoms with Gasteiger partial charge in [-0.3, -0.25) is 24.0 Å². The van der Waals surface area contributed by atoms with Gasteiger partial charge in [-0.05, 0) is 69.2 Å². The van der Waals surface area contributed by atoms with E-state index in [0.29, 0.717) is 0 Å². The maximum atomic E-state index is 12.3. The van der Waals surface area contributed by atoms with Crippen LogP contribution >= 0.6 is 113 Å². The highest BCUT2D eigenvalue weighted by Crippen LogP contribution is 2.21. The molecule has 0 heterocycles. The van der Waals surface area contributed by atoms with Gasteiger partial charge in [-0.2, -0.15) is 0 Å². The van der Waals surface area contributed by atoms with Gasteiger partial charge >= 0.3 is 29.8 Å². The van der Waals surface area contributed by atoms with E-state index in [1.54, 1.807) is 69.2 Å². The van der Waals surface area contributed by atoms with Crippen LogP contribution in [0.5, 0.6) is 0 Å². The van der Waals surface area contributed by atoms with Crippen LogP contribution < -0.4 is 0 Å². The average molecular weight is 1440 g/mol. The van der Waals surface area contributed by atoms with E-state index in [1.165, 1.54) is 0 Å². The quantitative estimate of drug-likeness (QED) is 0.0236. The molecule has 0 aromatic heterocycles. The molecule has 2 atom stereocenters. The molecule has 0 aromatic carbocycles. The number of esters is 5. The normalized spacial score (nSPS) is 14.1. The van der Waals surface area contributed by atoms with E-state index in [4.69, 9.17) is 56.8 Å². The van der Waals surface area contributed by atoms with Crippen molar-refractivity contribution in [1.82, 2.24) is 0 Å². The molecule has 0 N–H and O–H groups in total. The molecule has 0 fully saturated rings. The van der Waals surface area contributed by atoms with E-state index in [2.05, 4.69) is 0 Å². The monoisotopic (exact) mass is 1440 g/mol. The van der Waals surface area contributed by atoms with E-state index >= 15 is 0 Å². The first-order chi connectivity index (χ1) is 28.0. The van der Waals surface area contributed by atoms with Crippen molar-refractivity contribution in [1.29, 1.82) is 0 Å². The lowest BCUT2D eigenvalue weighted by Crippen LogP contribution is -2.35. The van der Waals surface area contributed by atoms with Crippen LogP contribution in [-0.2, 0) is 80.8 Å². The molecule has 0 spiro atoms. The Morgan fingerprint density at radius 3 is 0.689 bits per heavy atom. The van der Waals surface area contributed by atoms with Crippen LogP contribution in [0, 0.1) is 0 Å². The van der Waals surface area contributed by atoms with Gasteiger partial charge in [0.1, 0.15) is 68.5 Å². The van der Waals surface area contributed by atoms with E-state index in [0.717, 1.165) is 0 Å². The molecule has 2 unspecified atom stereocenters. The smallest absolute Gasteiger partial charge is 0.321 e. The van der Waals surface area contributed by atoms with E-state index < -0.39 is 35.4 Å². The summed E-state index contributed by atoms with van der Waals surface area (Å²) in [5.41, 5.74) is 0. The highest BCUT2D eigenvalue weighted by molar-refractivity contribution is 14.1. The highest BCUT2D eigenvalue weighted by Gasteiger charge is 2.29. The Kier molecular flexibility index (Phi) is 32.0. The Balaban J connectivity index is 5.62. The zero-order valence-electron chi connectivity index (χ0n) is 36.9. The van der Waals surface area contributed by atoms with Gasteiger partial charge in [0.25, 0.3) is 0 Å². The molecule has 0 radical (unpaired) electrons. The van der Waals surface area contributed by atoms with Gasteiger partial charge in [-0.1, -0.05) is 113 Å². The molecule has 0 aliphatic carbocycles. The summed E-state index contributed by atoms with van der Waals surface area (Å²) in [4.78, 5) is 61.0. The first-order valence-corrected chi connectivity index (χ1v) is 24.9. The van der Waals surface area contributed by atoms with Gasteiger partial charge < -0.3 is 56.8 Å². The SMILES string of the molecule is CC(C)(I)C(=O)OCCOCC(COCC(COCC(COCCOC(=O)C(C)(C)I)OCCOC(=O)C(C)(C)I)OCCOC(=O)C(C)(C)I)OCCOC(=O)C(C)(C)I. The van der Waals surface area contributed by atoms with Gasteiger partial charge in [-0.15, -0.1) is 0 Å². The zero-order valence-corrected chi connectivity index (χ0v) is 47.7. The Morgan fingerprint density at radius 1 is 0.311 bits per heavy atom. The number of halogens is 5. The van der Waals surface area contributed by atoms with Crippen molar-refractivity contribution in [3.05, 3.63) is 0 Å². The summed E-state index contributed by atoms with van der Waals surface area (Å²) in [5.74, 6) is -1.87. The molecular weight excluding hydrogens is 1370 g/mol. The number of hydrogen-bond donors (Lipinski definition) is 0. The summed E-state index contributed by atoms with van der Waals surface area (Å²) in [6.45, 7) is 18.4. The van der Waals surface area contributed by atoms with Gasteiger partial charge in [0.15, 0.2) is 0 Å². The third-order valence-corrected chi connectivity index (χ3v) is 9.38. The number of rotatable bonds is 35. The lowest BCUT2D eigenvalue weighted by Gasteiger charge is -2.24. The van der Waals surface area contributed by atoms with Crippen LogP contribution in [0.15, 0.2) is 0 Å². The van der Waals surface area contributed by atoms with Crippen molar-refractivity contribution in [2.24, 2.45) is 0 Å². The fourth-order valence-corrected chi connectivity index (χ4v) is 4.60. The maximum absolute atomic E-state index is 12.3. The third-order valence-electron chi connectivity index (χ3n) is 7.18. The van der Waals surface area contributed by atoms with Crippen LogP contribution in [0.1, 0.15) is 69.2 Å². The number of alkyl halides is 5. The van der Waals surface area contributed by atoms with Crippen molar-refractivity contribution in [3.8, 4) is 0 Å². The minimum Gasteiger partial charge on any atom is -0.462 e. The van der Waals surface area contributed by atoms with Gasteiger partial charge in [0.2, 0.25) is 0 Å². The fraction of sp³-hybridized carbons (Fsp3) is 0.872. The van der Waals surface area contributed by atoms with Crippen molar-refractivity contribution < 1.29 is 80.8 Å². The number of carbonyl (C=O) groups excluding carboxylic acids is 5. The second-order valence-corrected chi connectivity index (χ2v) is 29.2. The van der Waals surface area contributed by atoms with Crippen LogP contribution in [0.4, 0.5) is 0 Å². The minimum atomic E-state index is -0.714. The van der Waals surface area contributed by atoms with Gasteiger partial charge in [-0.25, -0.2) is 0 Å². The molecule has 0 saturated carbocycles. The molecule has 0 rings (SSSR count). The van der Waals surface area contributed by atoms with Gasteiger partial charge in [0, 0.05) is 0 Å². The Morgan fingerprint density at radius 2 is 0.492 bits per heavy atom. The average Bonchev–Trinajstić information content (AvgIpc) is 3.12. The number of hydrogen-bond acceptors (Lipinski definition) is 17. The second-order valence-electron chi connectivity index (χ2n) is 15.7.